The van der Waals surface area contributed by atoms with Crippen LogP contribution in [0.25, 0.3) is 0 Å². The van der Waals surface area contributed by atoms with Crippen LogP contribution in [0.2, 0.25) is 0 Å². The van der Waals surface area contributed by atoms with Gasteiger partial charge in [0.05, 0.1) is 17.7 Å². The second kappa shape index (κ2) is 8.14. The van der Waals surface area contributed by atoms with Crippen molar-refractivity contribution in [1.82, 2.24) is 0 Å². The molecular weight excluding hydrogens is 376 g/mol. The number of carbonyl (C=O) groups is 1. The molecule has 0 fully saturated rings. The van der Waals surface area contributed by atoms with E-state index in [0.29, 0.717) is 28.3 Å². The van der Waals surface area contributed by atoms with E-state index in [0.717, 1.165) is 0 Å². The standard InChI is InChI=1S/C21H20N2O4S/c1-15-19(21(24)22-16-8-6-9-17(14-16)27-2)12-7-13-20(15)23-28(25,26)18-10-4-3-5-11-18/h3-14,23H,1-2H3,(H,22,24). The second-order valence-electron chi connectivity index (χ2n) is 6.08. The minimum Gasteiger partial charge on any atom is -0.497 e. The van der Waals surface area contributed by atoms with Gasteiger partial charge in [-0.15, -0.1) is 0 Å². The Hall–Kier alpha value is -3.32. The fourth-order valence-electron chi connectivity index (χ4n) is 2.69. The molecule has 7 heteroatoms. The van der Waals surface area contributed by atoms with Crippen LogP contribution in [0.4, 0.5) is 11.4 Å². The average Bonchev–Trinajstić information content (AvgIpc) is 2.70. The van der Waals surface area contributed by atoms with Gasteiger partial charge < -0.3 is 10.1 Å². The van der Waals surface area contributed by atoms with Gasteiger partial charge in [0, 0.05) is 17.3 Å². The molecule has 0 bridgehead atoms. The van der Waals surface area contributed by atoms with E-state index in [1.54, 1.807) is 74.7 Å². The summed E-state index contributed by atoms with van der Waals surface area (Å²) in [6.07, 6.45) is 0. The van der Waals surface area contributed by atoms with Gasteiger partial charge in [-0.1, -0.05) is 30.3 Å². The smallest absolute Gasteiger partial charge is 0.261 e. The van der Waals surface area contributed by atoms with Gasteiger partial charge in [-0.05, 0) is 48.9 Å². The highest BCUT2D eigenvalue weighted by Gasteiger charge is 2.18. The Morgan fingerprint density at radius 2 is 1.64 bits per heavy atom. The Kier molecular flexibility index (Phi) is 5.65. The Bertz CT molecular complexity index is 1100. The molecule has 0 heterocycles. The number of nitrogens with one attached hydrogen (secondary N) is 2. The molecule has 144 valence electrons. The molecule has 0 aromatic heterocycles. The molecule has 0 spiro atoms. The molecule has 3 aromatic rings. The van der Waals surface area contributed by atoms with Gasteiger partial charge in [0.1, 0.15) is 5.75 Å². The second-order valence-corrected chi connectivity index (χ2v) is 7.77. The van der Waals surface area contributed by atoms with E-state index in [9.17, 15) is 13.2 Å². The number of carbonyl (C=O) groups excluding carboxylic acids is 1. The molecule has 28 heavy (non-hydrogen) atoms. The van der Waals surface area contributed by atoms with Gasteiger partial charge in [-0.25, -0.2) is 8.42 Å². The van der Waals surface area contributed by atoms with Gasteiger partial charge in [0.25, 0.3) is 15.9 Å². The fraction of sp³-hybridized carbons (Fsp3) is 0.0952. The first-order valence-electron chi connectivity index (χ1n) is 8.53. The van der Waals surface area contributed by atoms with Gasteiger partial charge in [-0.3, -0.25) is 9.52 Å². The van der Waals surface area contributed by atoms with Crippen LogP contribution in [0.15, 0.2) is 77.7 Å². The van der Waals surface area contributed by atoms with Crippen molar-refractivity contribution in [3.05, 3.63) is 83.9 Å². The summed E-state index contributed by atoms with van der Waals surface area (Å²) in [5.74, 6) is 0.283. The number of benzene rings is 3. The van der Waals surface area contributed by atoms with Crippen LogP contribution in [-0.4, -0.2) is 21.4 Å². The lowest BCUT2D eigenvalue weighted by Gasteiger charge is -2.14. The zero-order valence-electron chi connectivity index (χ0n) is 15.5. The molecule has 0 saturated carbocycles. The van der Waals surface area contributed by atoms with Crippen molar-refractivity contribution in [2.75, 3.05) is 17.1 Å². The van der Waals surface area contributed by atoms with Crippen LogP contribution in [0.3, 0.4) is 0 Å². The maximum atomic E-state index is 12.7. The maximum absolute atomic E-state index is 12.7. The Morgan fingerprint density at radius 3 is 2.36 bits per heavy atom. The van der Waals surface area contributed by atoms with Crippen molar-refractivity contribution in [3.8, 4) is 5.75 Å². The first-order valence-corrected chi connectivity index (χ1v) is 10.0. The van der Waals surface area contributed by atoms with Crippen molar-refractivity contribution in [3.63, 3.8) is 0 Å². The maximum Gasteiger partial charge on any atom is 0.261 e. The normalized spacial score (nSPS) is 10.9. The first kappa shape index (κ1) is 19.4. The number of ether oxygens (including phenoxy) is 1. The molecule has 0 aliphatic rings. The van der Waals surface area contributed by atoms with Gasteiger partial charge in [-0.2, -0.15) is 0 Å². The number of methoxy groups -OCH3 is 1. The summed E-state index contributed by atoms with van der Waals surface area (Å²) < 4.78 is 32.8. The van der Waals surface area contributed by atoms with Crippen LogP contribution in [0, 0.1) is 6.92 Å². The third-order valence-electron chi connectivity index (χ3n) is 4.20. The van der Waals surface area contributed by atoms with Crippen LogP contribution in [-0.2, 0) is 10.0 Å². The third kappa shape index (κ3) is 4.32. The lowest BCUT2D eigenvalue weighted by atomic mass is 10.1. The van der Waals surface area contributed by atoms with Crippen LogP contribution in [0.5, 0.6) is 5.75 Å². The SMILES string of the molecule is COc1cccc(NC(=O)c2cccc(NS(=O)(=O)c3ccccc3)c2C)c1. The molecule has 0 saturated heterocycles. The Morgan fingerprint density at radius 1 is 0.929 bits per heavy atom. The zero-order valence-corrected chi connectivity index (χ0v) is 16.3. The Balaban J connectivity index is 1.85. The number of hydrogen-bond acceptors (Lipinski definition) is 4. The molecule has 0 aliphatic heterocycles. The summed E-state index contributed by atoms with van der Waals surface area (Å²) in [7, 11) is -2.20. The predicted molar refractivity (Wildman–Crippen MR) is 109 cm³/mol. The first-order chi connectivity index (χ1) is 13.4. The van der Waals surface area contributed by atoms with E-state index < -0.39 is 10.0 Å². The summed E-state index contributed by atoms with van der Waals surface area (Å²) in [6, 6.07) is 20.0. The minimum atomic E-state index is -3.74. The van der Waals surface area contributed by atoms with E-state index in [1.807, 2.05) is 0 Å². The number of amides is 1. The van der Waals surface area contributed by atoms with Gasteiger partial charge in [0.2, 0.25) is 0 Å². The number of sulfonamides is 1. The summed E-state index contributed by atoms with van der Waals surface area (Å²) in [4.78, 5) is 12.8. The average molecular weight is 396 g/mol. The quantitative estimate of drug-likeness (QED) is 0.658. The molecule has 1 amide bonds. The summed E-state index contributed by atoms with van der Waals surface area (Å²) in [6.45, 7) is 1.70. The zero-order chi connectivity index (χ0) is 20.1. The molecular formula is C21H20N2O4S. The lowest BCUT2D eigenvalue weighted by Crippen LogP contribution is -2.17. The Labute approximate surface area is 164 Å². The van der Waals surface area contributed by atoms with E-state index in [1.165, 1.54) is 12.1 Å². The monoisotopic (exact) mass is 396 g/mol. The molecule has 3 aromatic carbocycles. The minimum absolute atomic E-state index is 0.153. The molecule has 0 atom stereocenters. The largest absolute Gasteiger partial charge is 0.497 e. The van der Waals surface area contributed by atoms with E-state index in [2.05, 4.69) is 10.0 Å². The van der Waals surface area contributed by atoms with E-state index >= 15 is 0 Å². The topological polar surface area (TPSA) is 84.5 Å². The molecule has 3 rings (SSSR count). The molecule has 0 aliphatic carbocycles. The van der Waals surface area contributed by atoms with E-state index in [-0.39, 0.29) is 10.8 Å². The summed E-state index contributed by atoms with van der Waals surface area (Å²) in [5, 5.41) is 2.80. The van der Waals surface area contributed by atoms with Crippen molar-refractivity contribution in [2.45, 2.75) is 11.8 Å². The number of hydrogen-bond donors (Lipinski definition) is 2. The molecule has 2 N–H and O–H groups in total. The fourth-order valence-corrected chi connectivity index (χ4v) is 3.84. The highest BCUT2D eigenvalue weighted by atomic mass is 32.2. The molecule has 0 unspecified atom stereocenters. The van der Waals surface area contributed by atoms with Crippen molar-refractivity contribution >= 4 is 27.3 Å². The van der Waals surface area contributed by atoms with Crippen LogP contribution < -0.4 is 14.8 Å². The van der Waals surface area contributed by atoms with Gasteiger partial charge >= 0.3 is 0 Å². The predicted octanol–water partition coefficient (Wildman–Crippen LogP) is 4.06. The van der Waals surface area contributed by atoms with Crippen LogP contribution >= 0.6 is 0 Å². The molecule has 6 nitrogen and oxygen atoms in total. The van der Waals surface area contributed by atoms with Crippen molar-refractivity contribution in [2.24, 2.45) is 0 Å². The van der Waals surface area contributed by atoms with Crippen molar-refractivity contribution < 1.29 is 17.9 Å². The highest BCUT2D eigenvalue weighted by Crippen LogP contribution is 2.24. The number of rotatable bonds is 6. The number of anilines is 2. The lowest BCUT2D eigenvalue weighted by molar-refractivity contribution is 0.102. The van der Waals surface area contributed by atoms with Crippen molar-refractivity contribution in [1.29, 1.82) is 0 Å². The summed E-state index contributed by atoms with van der Waals surface area (Å²) in [5.41, 5.74) is 1.83. The molecule has 0 radical (unpaired) electrons. The van der Waals surface area contributed by atoms with Gasteiger partial charge in [0.15, 0.2) is 0 Å². The third-order valence-corrected chi connectivity index (χ3v) is 5.59. The van der Waals surface area contributed by atoms with E-state index in [4.69, 9.17) is 4.74 Å². The summed E-state index contributed by atoms with van der Waals surface area (Å²) >= 11 is 0. The highest BCUT2D eigenvalue weighted by molar-refractivity contribution is 7.92. The van der Waals surface area contributed by atoms with Crippen LogP contribution in [0.1, 0.15) is 15.9 Å².